The summed E-state index contributed by atoms with van der Waals surface area (Å²) in [5.41, 5.74) is 2.37. The molecule has 148 valence electrons. The molecule has 0 amide bonds. The van der Waals surface area contributed by atoms with Crippen molar-refractivity contribution in [3.63, 3.8) is 0 Å². The number of esters is 1. The molecule has 7 heteroatoms. The van der Waals surface area contributed by atoms with Gasteiger partial charge in [0.2, 0.25) is 0 Å². The van der Waals surface area contributed by atoms with Crippen molar-refractivity contribution in [3.8, 4) is 5.69 Å². The van der Waals surface area contributed by atoms with Crippen molar-refractivity contribution in [1.82, 2.24) is 19.2 Å². The van der Waals surface area contributed by atoms with Gasteiger partial charge in [-0.05, 0) is 31.4 Å². The lowest BCUT2D eigenvalue weighted by molar-refractivity contribution is 0.0527. The number of ether oxygens (including phenoxy) is 1. The van der Waals surface area contributed by atoms with Crippen molar-refractivity contribution in [2.45, 2.75) is 13.8 Å². The summed E-state index contributed by atoms with van der Waals surface area (Å²) in [4.78, 5) is 30.0. The van der Waals surface area contributed by atoms with Crippen LogP contribution >= 0.6 is 0 Å². The minimum atomic E-state index is -0.471. The average Bonchev–Trinajstić information content (AvgIpc) is 3.10. The van der Waals surface area contributed by atoms with Crippen LogP contribution in [0, 0.1) is 6.92 Å². The van der Waals surface area contributed by atoms with Gasteiger partial charge in [-0.3, -0.25) is 9.36 Å². The van der Waals surface area contributed by atoms with E-state index in [0.29, 0.717) is 27.8 Å². The molecule has 5 rings (SSSR count). The van der Waals surface area contributed by atoms with Crippen molar-refractivity contribution < 1.29 is 9.53 Å². The highest BCUT2D eigenvalue weighted by molar-refractivity contribution is 5.98. The molecule has 0 saturated carbocycles. The Morgan fingerprint density at radius 2 is 1.87 bits per heavy atom. The van der Waals surface area contributed by atoms with E-state index in [4.69, 9.17) is 4.74 Å². The summed E-state index contributed by atoms with van der Waals surface area (Å²) in [5, 5.41) is 6.89. The first-order valence-corrected chi connectivity index (χ1v) is 9.65. The Balaban J connectivity index is 1.77. The molecule has 2 aromatic carbocycles. The van der Waals surface area contributed by atoms with Crippen LogP contribution in [-0.2, 0) is 4.74 Å². The van der Waals surface area contributed by atoms with Crippen LogP contribution in [0.2, 0.25) is 0 Å². The fourth-order valence-corrected chi connectivity index (χ4v) is 3.83. The Bertz CT molecular complexity index is 1510. The van der Waals surface area contributed by atoms with Gasteiger partial charge in [-0.2, -0.15) is 5.10 Å². The van der Waals surface area contributed by atoms with E-state index >= 15 is 0 Å². The monoisotopic (exact) mass is 398 g/mol. The van der Waals surface area contributed by atoms with Gasteiger partial charge in [-0.1, -0.05) is 36.4 Å². The van der Waals surface area contributed by atoms with Crippen molar-refractivity contribution >= 4 is 33.3 Å². The topological polar surface area (TPSA) is 78.5 Å². The molecule has 3 aromatic heterocycles. The largest absolute Gasteiger partial charge is 0.462 e. The lowest BCUT2D eigenvalue weighted by Crippen LogP contribution is -2.19. The standard InChI is InChI=1S/C23H18N4O3/c1-3-30-23(29)20-14(2)25-27-19-11-12-26(22(28)17(19)13-24-21(20)27)18-10-6-8-15-7-4-5-9-16(15)18/h4-13H,3H2,1-2H3. The van der Waals surface area contributed by atoms with Gasteiger partial charge >= 0.3 is 5.97 Å². The molecule has 0 bridgehead atoms. The number of benzene rings is 2. The molecule has 0 fully saturated rings. The zero-order chi connectivity index (χ0) is 20.8. The highest BCUT2D eigenvalue weighted by Gasteiger charge is 2.21. The third-order valence-corrected chi connectivity index (χ3v) is 5.19. The molecule has 0 aliphatic rings. The predicted octanol–water partition coefficient (Wildman–Crippen LogP) is 3.67. The number of rotatable bonds is 3. The molecule has 3 heterocycles. The Kier molecular flexibility index (Phi) is 4.10. The molecular weight excluding hydrogens is 380 g/mol. The van der Waals surface area contributed by atoms with Crippen LogP contribution < -0.4 is 5.56 Å². The molecule has 0 spiro atoms. The average molecular weight is 398 g/mol. The van der Waals surface area contributed by atoms with Gasteiger partial charge in [0.25, 0.3) is 5.56 Å². The molecule has 30 heavy (non-hydrogen) atoms. The third-order valence-electron chi connectivity index (χ3n) is 5.19. The first kappa shape index (κ1) is 18.1. The number of carbonyl (C=O) groups is 1. The molecule has 0 unspecified atom stereocenters. The summed E-state index contributed by atoms with van der Waals surface area (Å²) in [5.74, 6) is -0.471. The summed E-state index contributed by atoms with van der Waals surface area (Å²) in [6.07, 6.45) is 3.23. The van der Waals surface area contributed by atoms with E-state index in [-0.39, 0.29) is 12.2 Å². The summed E-state index contributed by atoms with van der Waals surface area (Å²) < 4.78 is 8.28. The Morgan fingerprint density at radius 1 is 1.07 bits per heavy atom. The minimum absolute atomic E-state index is 0.205. The van der Waals surface area contributed by atoms with Gasteiger partial charge in [0.15, 0.2) is 5.65 Å². The van der Waals surface area contributed by atoms with Crippen molar-refractivity contribution in [2.24, 2.45) is 0 Å². The fraction of sp³-hybridized carbons (Fsp3) is 0.130. The van der Waals surface area contributed by atoms with Gasteiger partial charge in [0, 0.05) is 17.8 Å². The number of carbonyl (C=O) groups excluding carboxylic acids is 1. The van der Waals surface area contributed by atoms with Gasteiger partial charge in [-0.15, -0.1) is 0 Å². The number of fused-ring (bicyclic) bond motifs is 4. The SMILES string of the molecule is CCOC(=O)c1c(C)nn2c1ncc1c(=O)n(-c3cccc4ccccc34)ccc12. The number of aryl methyl sites for hydroxylation is 1. The van der Waals surface area contributed by atoms with Crippen LogP contribution in [-0.4, -0.2) is 31.7 Å². The Morgan fingerprint density at radius 3 is 2.70 bits per heavy atom. The molecule has 7 nitrogen and oxygen atoms in total. The zero-order valence-electron chi connectivity index (χ0n) is 16.5. The van der Waals surface area contributed by atoms with Crippen LogP contribution in [0.4, 0.5) is 0 Å². The molecule has 0 N–H and O–H groups in total. The molecule has 0 radical (unpaired) electrons. The predicted molar refractivity (Wildman–Crippen MR) is 114 cm³/mol. The van der Waals surface area contributed by atoms with E-state index in [9.17, 15) is 9.59 Å². The first-order valence-electron chi connectivity index (χ1n) is 9.65. The summed E-state index contributed by atoms with van der Waals surface area (Å²) in [6, 6.07) is 15.6. The molecule has 0 aliphatic heterocycles. The normalized spacial score (nSPS) is 11.4. The maximum absolute atomic E-state index is 13.3. The van der Waals surface area contributed by atoms with Gasteiger partial charge in [0.1, 0.15) is 5.56 Å². The van der Waals surface area contributed by atoms with Crippen molar-refractivity contribution in [3.05, 3.63) is 82.5 Å². The second-order valence-corrected chi connectivity index (χ2v) is 6.96. The van der Waals surface area contributed by atoms with E-state index in [1.54, 1.807) is 24.6 Å². The van der Waals surface area contributed by atoms with Crippen LogP contribution in [0.25, 0.3) is 33.0 Å². The fourth-order valence-electron chi connectivity index (χ4n) is 3.83. The summed E-state index contributed by atoms with van der Waals surface area (Å²) in [7, 11) is 0. The van der Waals surface area contributed by atoms with Crippen LogP contribution in [0.15, 0.2) is 65.7 Å². The minimum Gasteiger partial charge on any atom is -0.462 e. The van der Waals surface area contributed by atoms with E-state index < -0.39 is 5.97 Å². The molecule has 0 aliphatic carbocycles. The summed E-state index contributed by atoms with van der Waals surface area (Å²) in [6.45, 7) is 3.74. The van der Waals surface area contributed by atoms with Crippen LogP contribution in [0.3, 0.4) is 0 Å². The molecule has 0 saturated heterocycles. The summed E-state index contributed by atoms with van der Waals surface area (Å²) >= 11 is 0. The lowest BCUT2D eigenvalue weighted by Gasteiger charge is -2.11. The van der Waals surface area contributed by atoms with E-state index in [2.05, 4.69) is 10.1 Å². The number of nitrogens with zero attached hydrogens (tertiary/aromatic N) is 4. The highest BCUT2D eigenvalue weighted by atomic mass is 16.5. The molecular formula is C23H18N4O3. The van der Waals surface area contributed by atoms with Crippen LogP contribution in [0.1, 0.15) is 23.0 Å². The zero-order valence-corrected chi connectivity index (χ0v) is 16.5. The Hall–Kier alpha value is -4.00. The highest BCUT2D eigenvalue weighted by Crippen LogP contribution is 2.23. The van der Waals surface area contributed by atoms with Gasteiger partial charge < -0.3 is 4.74 Å². The first-order chi connectivity index (χ1) is 14.6. The molecule has 5 aromatic rings. The maximum Gasteiger partial charge on any atom is 0.343 e. The van der Waals surface area contributed by atoms with Gasteiger partial charge in [0.05, 0.1) is 28.9 Å². The lowest BCUT2D eigenvalue weighted by atomic mass is 10.1. The van der Waals surface area contributed by atoms with E-state index in [1.165, 1.54) is 10.7 Å². The molecule has 0 atom stereocenters. The third kappa shape index (κ3) is 2.59. The van der Waals surface area contributed by atoms with Crippen molar-refractivity contribution in [1.29, 1.82) is 0 Å². The van der Waals surface area contributed by atoms with Crippen LogP contribution in [0.5, 0.6) is 0 Å². The second kappa shape index (κ2) is 6.81. The number of hydrogen-bond acceptors (Lipinski definition) is 5. The number of aromatic nitrogens is 4. The quantitative estimate of drug-likeness (QED) is 0.433. The Labute approximate surface area is 171 Å². The number of hydrogen-bond donors (Lipinski definition) is 0. The smallest absolute Gasteiger partial charge is 0.343 e. The second-order valence-electron chi connectivity index (χ2n) is 6.96. The number of pyridine rings is 1. The van der Waals surface area contributed by atoms with Gasteiger partial charge in [-0.25, -0.2) is 14.3 Å². The van der Waals surface area contributed by atoms with E-state index in [1.807, 2.05) is 48.5 Å². The maximum atomic E-state index is 13.3. The van der Waals surface area contributed by atoms with E-state index in [0.717, 1.165) is 16.5 Å². The van der Waals surface area contributed by atoms with Crippen molar-refractivity contribution in [2.75, 3.05) is 6.61 Å².